The number of fused-ring (bicyclic) bond motifs is 1. The maximum Gasteiger partial charge on any atom is 0.251 e. The summed E-state index contributed by atoms with van der Waals surface area (Å²) >= 11 is 3.62. The van der Waals surface area contributed by atoms with Crippen molar-refractivity contribution in [3.05, 3.63) is 34.9 Å². The van der Waals surface area contributed by atoms with Gasteiger partial charge in [-0.2, -0.15) is 0 Å². The predicted molar refractivity (Wildman–Crippen MR) is 90.0 cm³/mol. The average molecular weight is 350 g/mol. The first-order chi connectivity index (χ1) is 10.3. The Balaban J connectivity index is 1.58. The van der Waals surface area contributed by atoms with E-state index in [0.29, 0.717) is 5.92 Å². The highest BCUT2D eigenvalue weighted by Gasteiger charge is 2.24. The second-order valence-corrected chi connectivity index (χ2v) is 7.15. The quantitative estimate of drug-likeness (QED) is 0.814. The van der Waals surface area contributed by atoms with E-state index in [1.807, 2.05) is 6.07 Å². The standard InChI is InChI=1S/C18H24BrNO/c19-11-16-4-1-2-5-17(16)12-20-18(21)15-9-8-13-6-3-7-14(13)10-15/h8-10,16-17H,1-7,11-12H2,(H,20,21). The third-order valence-corrected chi connectivity index (χ3v) is 5.98. The molecule has 1 aromatic carbocycles. The number of nitrogens with one attached hydrogen (secondary N) is 1. The third-order valence-electron chi connectivity index (χ3n) is 5.15. The fourth-order valence-electron chi connectivity index (χ4n) is 3.80. The van der Waals surface area contributed by atoms with Crippen LogP contribution in [0.5, 0.6) is 0 Å². The van der Waals surface area contributed by atoms with Gasteiger partial charge in [0.05, 0.1) is 0 Å². The Kier molecular flexibility index (Phi) is 4.99. The van der Waals surface area contributed by atoms with E-state index in [1.165, 1.54) is 49.7 Å². The molecular formula is C18H24BrNO. The summed E-state index contributed by atoms with van der Waals surface area (Å²) in [6.45, 7) is 0.826. The highest BCUT2D eigenvalue weighted by atomic mass is 79.9. The zero-order valence-corrected chi connectivity index (χ0v) is 14.1. The fourth-order valence-corrected chi connectivity index (χ4v) is 4.65. The molecule has 2 aliphatic rings. The van der Waals surface area contributed by atoms with Gasteiger partial charge in [-0.15, -0.1) is 0 Å². The highest BCUT2D eigenvalue weighted by Crippen LogP contribution is 2.31. The largest absolute Gasteiger partial charge is 0.352 e. The molecule has 2 aliphatic carbocycles. The summed E-state index contributed by atoms with van der Waals surface area (Å²) in [5.74, 6) is 1.46. The Morgan fingerprint density at radius 2 is 1.86 bits per heavy atom. The van der Waals surface area contributed by atoms with Crippen molar-refractivity contribution in [2.75, 3.05) is 11.9 Å². The first-order valence-corrected chi connectivity index (χ1v) is 9.36. The number of amides is 1. The predicted octanol–water partition coefficient (Wildman–Crippen LogP) is 4.11. The van der Waals surface area contributed by atoms with Crippen LogP contribution in [0, 0.1) is 11.8 Å². The summed E-state index contributed by atoms with van der Waals surface area (Å²) in [5.41, 5.74) is 3.64. The van der Waals surface area contributed by atoms with Crippen LogP contribution in [0.4, 0.5) is 0 Å². The first-order valence-electron chi connectivity index (χ1n) is 8.24. The Hall–Kier alpha value is -0.830. The first kappa shape index (κ1) is 15.1. The second-order valence-electron chi connectivity index (χ2n) is 6.51. The molecule has 2 atom stereocenters. The van der Waals surface area contributed by atoms with Crippen molar-refractivity contribution in [2.24, 2.45) is 11.8 Å². The molecule has 0 saturated heterocycles. The summed E-state index contributed by atoms with van der Waals surface area (Å²) in [7, 11) is 0. The summed E-state index contributed by atoms with van der Waals surface area (Å²) in [5, 5.41) is 4.23. The van der Waals surface area contributed by atoms with Crippen LogP contribution in [0.1, 0.15) is 53.6 Å². The van der Waals surface area contributed by atoms with E-state index in [0.717, 1.165) is 29.8 Å². The van der Waals surface area contributed by atoms with Gasteiger partial charge < -0.3 is 5.32 Å². The Morgan fingerprint density at radius 1 is 1.10 bits per heavy atom. The Bertz CT molecular complexity index is 514. The minimum Gasteiger partial charge on any atom is -0.352 e. The molecule has 0 spiro atoms. The van der Waals surface area contributed by atoms with Gasteiger partial charge in [-0.05, 0) is 67.2 Å². The number of alkyl halides is 1. The zero-order valence-electron chi connectivity index (χ0n) is 12.5. The van der Waals surface area contributed by atoms with E-state index in [9.17, 15) is 4.79 Å². The van der Waals surface area contributed by atoms with E-state index in [1.54, 1.807) is 0 Å². The molecule has 1 saturated carbocycles. The molecule has 3 rings (SSSR count). The van der Waals surface area contributed by atoms with Crippen LogP contribution in [0.2, 0.25) is 0 Å². The van der Waals surface area contributed by atoms with E-state index < -0.39 is 0 Å². The summed E-state index contributed by atoms with van der Waals surface area (Å²) < 4.78 is 0. The molecule has 1 amide bonds. The molecule has 2 nitrogen and oxygen atoms in total. The summed E-state index contributed by atoms with van der Waals surface area (Å²) in [4.78, 5) is 12.4. The van der Waals surface area contributed by atoms with Crippen molar-refractivity contribution in [2.45, 2.75) is 44.9 Å². The van der Waals surface area contributed by atoms with Crippen LogP contribution in [-0.2, 0) is 12.8 Å². The lowest BCUT2D eigenvalue weighted by molar-refractivity contribution is 0.0937. The lowest BCUT2D eigenvalue weighted by Crippen LogP contribution is -2.34. The van der Waals surface area contributed by atoms with Gasteiger partial charge in [-0.25, -0.2) is 0 Å². The van der Waals surface area contributed by atoms with Gasteiger partial charge in [0.2, 0.25) is 0 Å². The van der Waals surface area contributed by atoms with Gasteiger partial charge in [0.15, 0.2) is 0 Å². The molecule has 114 valence electrons. The molecule has 2 unspecified atom stereocenters. The van der Waals surface area contributed by atoms with Gasteiger partial charge >= 0.3 is 0 Å². The van der Waals surface area contributed by atoms with E-state index in [-0.39, 0.29) is 5.91 Å². The minimum absolute atomic E-state index is 0.101. The number of hydrogen-bond acceptors (Lipinski definition) is 1. The summed E-state index contributed by atoms with van der Waals surface area (Å²) in [6.07, 6.45) is 8.73. The normalized spacial score (nSPS) is 24.6. The van der Waals surface area contributed by atoms with E-state index in [2.05, 4.69) is 33.4 Å². The van der Waals surface area contributed by atoms with Gasteiger partial charge in [0, 0.05) is 17.4 Å². The number of halogens is 1. The Labute approximate surface area is 135 Å². The van der Waals surface area contributed by atoms with Crippen LogP contribution in [0.3, 0.4) is 0 Å². The second kappa shape index (κ2) is 6.95. The smallest absolute Gasteiger partial charge is 0.251 e. The molecule has 0 heterocycles. The maximum atomic E-state index is 12.4. The van der Waals surface area contributed by atoms with Crippen LogP contribution < -0.4 is 5.32 Å². The number of benzene rings is 1. The van der Waals surface area contributed by atoms with Crippen molar-refractivity contribution < 1.29 is 4.79 Å². The molecular weight excluding hydrogens is 326 g/mol. The van der Waals surface area contributed by atoms with Crippen molar-refractivity contribution in [3.63, 3.8) is 0 Å². The molecule has 3 heteroatoms. The molecule has 21 heavy (non-hydrogen) atoms. The number of carbonyl (C=O) groups excluding carboxylic acids is 1. The van der Waals surface area contributed by atoms with Gasteiger partial charge in [-0.1, -0.05) is 34.8 Å². The zero-order chi connectivity index (χ0) is 14.7. The fraction of sp³-hybridized carbons (Fsp3) is 0.611. The van der Waals surface area contributed by atoms with Crippen molar-refractivity contribution in [3.8, 4) is 0 Å². The lowest BCUT2D eigenvalue weighted by Gasteiger charge is -2.30. The van der Waals surface area contributed by atoms with Crippen molar-refractivity contribution in [1.82, 2.24) is 5.32 Å². The highest BCUT2D eigenvalue weighted by molar-refractivity contribution is 9.09. The summed E-state index contributed by atoms with van der Waals surface area (Å²) in [6, 6.07) is 6.22. The topological polar surface area (TPSA) is 29.1 Å². The minimum atomic E-state index is 0.101. The molecule has 0 aliphatic heterocycles. The molecule has 0 radical (unpaired) electrons. The maximum absolute atomic E-state index is 12.4. The van der Waals surface area contributed by atoms with Gasteiger partial charge in [0.25, 0.3) is 5.91 Å². The number of carbonyl (C=O) groups is 1. The molecule has 1 fully saturated rings. The average Bonchev–Trinajstić information content (AvgIpc) is 3.00. The van der Waals surface area contributed by atoms with Crippen LogP contribution in [-0.4, -0.2) is 17.8 Å². The number of aryl methyl sites for hydroxylation is 2. The number of rotatable bonds is 4. The van der Waals surface area contributed by atoms with Gasteiger partial charge in [-0.3, -0.25) is 4.79 Å². The molecule has 1 aromatic rings. The van der Waals surface area contributed by atoms with Crippen LogP contribution >= 0.6 is 15.9 Å². The number of hydrogen-bond donors (Lipinski definition) is 1. The SMILES string of the molecule is O=C(NCC1CCCCC1CBr)c1ccc2c(c1)CCC2. The van der Waals surface area contributed by atoms with E-state index >= 15 is 0 Å². The molecule has 0 bridgehead atoms. The van der Waals surface area contributed by atoms with Crippen molar-refractivity contribution in [1.29, 1.82) is 0 Å². The Morgan fingerprint density at radius 3 is 2.67 bits per heavy atom. The monoisotopic (exact) mass is 349 g/mol. The molecule has 0 aromatic heterocycles. The van der Waals surface area contributed by atoms with E-state index in [4.69, 9.17) is 0 Å². The van der Waals surface area contributed by atoms with Crippen LogP contribution in [0.15, 0.2) is 18.2 Å². The van der Waals surface area contributed by atoms with Gasteiger partial charge in [0.1, 0.15) is 0 Å². The van der Waals surface area contributed by atoms with Crippen molar-refractivity contribution >= 4 is 21.8 Å². The lowest BCUT2D eigenvalue weighted by atomic mass is 9.80. The molecule has 1 N–H and O–H groups in total. The third kappa shape index (κ3) is 3.50. The van der Waals surface area contributed by atoms with Crippen LogP contribution in [0.25, 0.3) is 0 Å².